The van der Waals surface area contributed by atoms with Gasteiger partial charge in [0, 0.05) is 31.1 Å². The molecule has 3 atom stereocenters. The molecule has 3 rings (SSSR count). The van der Waals surface area contributed by atoms with Crippen molar-refractivity contribution in [1.82, 2.24) is 10.2 Å². The zero-order valence-corrected chi connectivity index (χ0v) is 15.4. The van der Waals surface area contributed by atoms with Crippen LogP contribution < -0.4 is 5.32 Å². The summed E-state index contributed by atoms with van der Waals surface area (Å²) in [5, 5.41) is 4.64. The lowest BCUT2D eigenvalue weighted by Gasteiger charge is -2.33. The standard InChI is InChI=1S/C20H29ClN2O/c1-15(24)23-11-3-4-17(14-23)13-22-20-6-2-5-18(20)12-16-7-9-19(21)10-8-16/h7-10,17-18,20,22H,2-6,11-14H2,1H3. The molecule has 2 aliphatic rings. The zero-order chi connectivity index (χ0) is 16.9. The molecule has 1 aliphatic heterocycles. The number of amides is 1. The Balaban J connectivity index is 1.49. The molecule has 0 radical (unpaired) electrons. The molecule has 4 heteroatoms. The Morgan fingerprint density at radius 3 is 2.75 bits per heavy atom. The molecule has 2 fully saturated rings. The largest absolute Gasteiger partial charge is 0.343 e. The smallest absolute Gasteiger partial charge is 0.219 e. The van der Waals surface area contributed by atoms with Crippen LogP contribution in [0.25, 0.3) is 0 Å². The molecule has 0 spiro atoms. The average Bonchev–Trinajstić information content (AvgIpc) is 3.02. The van der Waals surface area contributed by atoms with Gasteiger partial charge in [0.05, 0.1) is 0 Å². The van der Waals surface area contributed by atoms with Crippen molar-refractivity contribution in [3.63, 3.8) is 0 Å². The van der Waals surface area contributed by atoms with Crippen LogP contribution in [0, 0.1) is 11.8 Å². The molecule has 3 nitrogen and oxygen atoms in total. The minimum absolute atomic E-state index is 0.223. The molecule has 1 N–H and O–H groups in total. The van der Waals surface area contributed by atoms with E-state index in [1.807, 2.05) is 17.0 Å². The van der Waals surface area contributed by atoms with Crippen molar-refractivity contribution in [3.05, 3.63) is 34.9 Å². The molecule has 24 heavy (non-hydrogen) atoms. The van der Waals surface area contributed by atoms with Crippen LogP contribution in [0.2, 0.25) is 5.02 Å². The first-order chi connectivity index (χ1) is 11.6. The van der Waals surface area contributed by atoms with Crippen molar-refractivity contribution in [1.29, 1.82) is 0 Å². The number of nitrogens with zero attached hydrogens (tertiary/aromatic N) is 1. The molecule has 1 aromatic rings. The van der Waals surface area contributed by atoms with Gasteiger partial charge in [-0.15, -0.1) is 0 Å². The van der Waals surface area contributed by atoms with E-state index in [0.29, 0.717) is 12.0 Å². The summed E-state index contributed by atoms with van der Waals surface area (Å²) in [5.41, 5.74) is 1.39. The monoisotopic (exact) mass is 348 g/mol. The van der Waals surface area contributed by atoms with Crippen LogP contribution >= 0.6 is 11.6 Å². The average molecular weight is 349 g/mol. The van der Waals surface area contributed by atoms with Gasteiger partial charge in [0.1, 0.15) is 0 Å². The van der Waals surface area contributed by atoms with Crippen LogP contribution in [0.5, 0.6) is 0 Å². The highest BCUT2D eigenvalue weighted by Gasteiger charge is 2.28. The Hall–Kier alpha value is -1.06. The highest BCUT2D eigenvalue weighted by atomic mass is 35.5. The SMILES string of the molecule is CC(=O)N1CCCC(CNC2CCCC2Cc2ccc(Cl)cc2)C1. The van der Waals surface area contributed by atoms with E-state index >= 15 is 0 Å². The maximum atomic E-state index is 11.6. The Kier molecular flexibility index (Phi) is 6.18. The second-order valence-corrected chi connectivity index (χ2v) is 7.95. The van der Waals surface area contributed by atoms with Crippen LogP contribution in [0.4, 0.5) is 0 Å². The number of piperidine rings is 1. The summed E-state index contributed by atoms with van der Waals surface area (Å²) in [6.45, 7) is 4.60. The van der Waals surface area contributed by atoms with Gasteiger partial charge in [0.15, 0.2) is 0 Å². The summed E-state index contributed by atoms with van der Waals surface area (Å²) in [6, 6.07) is 8.92. The topological polar surface area (TPSA) is 32.3 Å². The molecule has 1 saturated carbocycles. The molecular formula is C20H29ClN2O. The Morgan fingerprint density at radius 2 is 2.00 bits per heavy atom. The summed E-state index contributed by atoms with van der Waals surface area (Å²) in [6.07, 6.45) is 7.43. The summed E-state index contributed by atoms with van der Waals surface area (Å²) in [5.74, 6) is 1.55. The number of nitrogens with one attached hydrogen (secondary N) is 1. The lowest BCUT2D eigenvalue weighted by atomic mass is 9.93. The molecule has 1 amide bonds. The number of benzene rings is 1. The number of carbonyl (C=O) groups is 1. The lowest BCUT2D eigenvalue weighted by Crippen LogP contribution is -2.44. The third-order valence-electron chi connectivity index (χ3n) is 5.70. The van der Waals surface area contributed by atoms with E-state index in [1.54, 1.807) is 6.92 Å². The van der Waals surface area contributed by atoms with E-state index in [2.05, 4.69) is 17.4 Å². The van der Waals surface area contributed by atoms with Gasteiger partial charge in [0.2, 0.25) is 5.91 Å². The lowest BCUT2D eigenvalue weighted by molar-refractivity contribution is -0.130. The highest BCUT2D eigenvalue weighted by molar-refractivity contribution is 6.30. The van der Waals surface area contributed by atoms with Crippen molar-refractivity contribution >= 4 is 17.5 Å². The van der Waals surface area contributed by atoms with Gasteiger partial charge in [0.25, 0.3) is 0 Å². The summed E-state index contributed by atoms with van der Waals surface area (Å²) < 4.78 is 0. The highest BCUT2D eigenvalue weighted by Crippen LogP contribution is 2.29. The third-order valence-corrected chi connectivity index (χ3v) is 5.96. The van der Waals surface area contributed by atoms with Gasteiger partial charge in [-0.1, -0.05) is 30.2 Å². The van der Waals surface area contributed by atoms with E-state index in [-0.39, 0.29) is 5.91 Å². The molecule has 132 valence electrons. The first-order valence-corrected chi connectivity index (χ1v) is 9.73. The second kappa shape index (κ2) is 8.35. The van der Waals surface area contributed by atoms with Gasteiger partial charge in [-0.25, -0.2) is 0 Å². The van der Waals surface area contributed by atoms with Crippen LogP contribution in [0.15, 0.2) is 24.3 Å². The van der Waals surface area contributed by atoms with Crippen molar-refractivity contribution in [2.45, 2.75) is 51.5 Å². The van der Waals surface area contributed by atoms with Crippen LogP contribution in [-0.4, -0.2) is 36.5 Å². The number of halogens is 1. The van der Waals surface area contributed by atoms with Gasteiger partial charge in [-0.3, -0.25) is 4.79 Å². The molecule has 3 unspecified atom stereocenters. The molecule has 0 bridgehead atoms. The van der Waals surface area contributed by atoms with Crippen molar-refractivity contribution < 1.29 is 4.79 Å². The van der Waals surface area contributed by atoms with E-state index < -0.39 is 0 Å². The number of carbonyl (C=O) groups excluding carboxylic acids is 1. The summed E-state index contributed by atoms with van der Waals surface area (Å²) >= 11 is 5.99. The normalized spacial score (nSPS) is 27.4. The van der Waals surface area contributed by atoms with Crippen molar-refractivity contribution in [3.8, 4) is 0 Å². The summed E-state index contributed by atoms with van der Waals surface area (Å²) in [4.78, 5) is 13.6. The van der Waals surface area contributed by atoms with Gasteiger partial charge in [-0.05, 0) is 68.2 Å². The first kappa shape index (κ1) is 17.8. The zero-order valence-electron chi connectivity index (χ0n) is 14.6. The molecule has 1 aromatic carbocycles. The van der Waals surface area contributed by atoms with E-state index in [1.165, 1.54) is 31.2 Å². The van der Waals surface area contributed by atoms with Gasteiger partial charge < -0.3 is 10.2 Å². The Morgan fingerprint density at radius 1 is 1.21 bits per heavy atom. The minimum Gasteiger partial charge on any atom is -0.343 e. The van der Waals surface area contributed by atoms with Gasteiger partial charge >= 0.3 is 0 Å². The Labute approximate surface area is 150 Å². The predicted molar refractivity (Wildman–Crippen MR) is 99.3 cm³/mol. The molecule has 1 heterocycles. The molecule has 1 saturated heterocycles. The van der Waals surface area contributed by atoms with E-state index in [4.69, 9.17) is 11.6 Å². The molecular weight excluding hydrogens is 320 g/mol. The van der Waals surface area contributed by atoms with E-state index in [0.717, 1.165) is 43.4 Å². The number of hydrogen-bond donors (Lipinski definition) is 1. The predicted octanol–water partition coefficient (Wildman–Crippen LogP) is 3.90. The van der Waals surface area contributed by atoms with Crippen LogP contribution in [0.1, 0.15) is 44.6 Å². The van der Waals surface area contributed by atoms with Crippen molar-refractivity contribution in [2.75, 3.05) is 19.6 Å². The van der Waals surface area contributed by atoms with Gasteiger partial charge in [-0.2, -0.15) is 0 Å². The first-order valence-electron chi connectivity index (χ1n) is 9.35. The molecule has 1 aliphatic carbocycles. The fourth-order valence-electron chi connectivity index (χ4n) is 4.31. The van der Waals surface area contributed by atoms with Crippen LogP contribution in [0.3, 0.4) is 0 Å². The second-order valence-electron chi connectivity index (χ2n) is 7.51. The quantitative estimate of drug-likeness (QED) is 0.875. The van der Waals surface area contributed by atoms with Crippen molar-refractivity contribution in [2.24, 2.45) is 11.8 Å². The third kappa shape index (κ3) is 4.73. The fraction of sp³-hybridized carbons (Fsp3) is 0.650. The fourth-order valence-corrected chi connectivity index (χ4v) is 4.43. The summed E-state index contributed by atoms with van der Waals surface area (Å²) in [7, 11) is 0. The maximum Gasteiger partial charge on any atom is 0.219 e. The van der Waals surface area contributed by atoms with E-state index in [9.17, 15) is 4.79 Å². The number of rotatable bonds is 5. The number of likely N-dealkylation sites (tertiary alicyclic amines) is 1. The Bertz CT molecular complexity index is 545. The van der Waals surface area contributed by atoms with Crippen LogP contribution in [-0.2, 0) is 11.2 Å². The maximum absolute atomic E-state index is 11.6. The number of hydrogen-bond acceptors (Lipinski definition) is 2. The molecule has 0 aromatic heterocycles. The minimum atomic E-state index is 0.223.